The van der Waals surface area contributed by atoms with Gasteiger partial charge in [-0.05, 0) is 35.9 Å². The second kappa shape index (κ2) is 8.62. The number of benzene rings is 2. The van der Waals surface area contributed by atoms with E-state index in [0.29, 0.717) is 41.8 Å². The minimum Gasteiger partial charge on any atom is -0.497 e. The molecule has 0 saturated carbocycles. The average Bonchev–Trinajstić information content (AvgIpc) is 2.71. The Morgan fingerprint density at radius 1 is 1.07 bits per heavy atom. The molecule has 2 aromatic rings. The molecule has 1 aliphatic rings. The Hall–Kier alpha value is -2.26. The van der Waals surface area contributed by atoms with Gasteiger partial charge in [-0.1, -0.05) is 35.3 Å². The number of carbonyl (C=O) groups excluding carboxylic acids is 1. The van der Waals surface area contributed by atoms with E-state index >= 15 is 0 Å². The second-order valence-corrected chi connectivity index (χ2v) is 7.08. The van der Waals surface area contributed by atoms with Gasteiger partial charge >= 0.3 is 0 Å². The van der Waals surface area contributed by atoms with E-state index in [0.717, 1.165) is 11.3 Å². The molecule has 2 aromatic carbocycles. The Morgan fingerprint density at radius 2 is 1.74 bits per heavy atom. The molecule has 0 aromatic heterocycles. The molecule has 0 radical (unpaired) electrons. The summed E-state index contributed by atoms with van der Waals surface area (Å²) in [7, 11) is 1.61. The number of hydrogen-bond donors (Lipinski definition) is 0. The fourth-order valence-electron chi connectivity index (χ4n) is 3.15. The van der Waals surface area contributed by atoms with Crippen LogP contribution < -0.4 is 4.74 Å². The lowest BCUT2D eigenvalue weighted by molar-refractivity contribution is 0.0606. The van der Waals surface area contributed by atoms with Crippen molar-refractivity contribution < 1.29 is 9.53 Å². The van der Waals surface area contributed by atoms with Crippen molar-refractivity contribution in [2.24, 2.45) is 0 Å². The molecular formula is C20H19Cl2N3O2. The lowest BCUT2D eigenvalue weighted by Gasteiger charge is -2.37. The zero-order valence-corrected chi connectivity index (χ0v) is 16.4. The van der Waals surface area contributed by atoms with Gasteiger partial charge in [0.2, 0.25) is 0 Å². The molecule has 1 fully saturated rings. The molecule has 1 aliphatic heterocycles. The second-order valence-electron chi connectivity index (χ2n) is 6.26. The van der Waals surface area contributed by atoms with Crippen molar-refractivity contribution >= 4 is 29.1 Å². The van der Waals surface area contributed by atoms with Crippen LogP contribution in [0.15, 0.2) is 42.5 Å². The average molecular weight is 404 g/mol. The van der Waals surface area contributed by atoms with Crippen molar-refractivity contribution in [3.05, 3.63) is 63.6 Å². The van der Waals surface area contributed by atoms with Gasteiger partial charge in [-0.15, -0.1) is 0 Å². The quantitative estimate of drug-likeness (QED) is 0.773. The highest BCUT2D eigenvalue weighted by Gasteiger charge is 2.27. The molecule has 1 saturated heterocycles. The van der Waals surface area contributed by atoms with Gasteiger partial charge in [0.15, 0.2) is 0 Å². The topological polar surface area (TPSA) is 56.6 Å². The highest BCUT2D eigenvalue weighted by atomic mass is 35.5. The fraction of sp³-hybridized carbons (Fsp3) is 0.300. The number of nitrogens with zero attached hydrogens (tertiary/aromatic N) is 3. The molecule has 0 bridgehead atoms. The van der Waals surface area contributed by atoms with Gasteiger partial charge < -0.3 is 9.64 Å². The number of halogens is 2. The maximum Gasteiger partial charge on any atom is 0.253 e. The van der Waals surface area contributed by atoms with Gasteiger partial charge in [0.05, 0.1) is 23.2 Å². The van der Waals surface area contributed by atoms with Gasteiger partial charge in [0.1, 0.15) is 11.8 Å². The monoisotopic (exact) mass is 403 g/mol. The summed E-state index contributed by atoms with van der Waals surface area (Å²) in [5.41, 5.74) is 1.44. The van der Waals surface area contributed by atoms with Gasteiger partial charge in [-0.25, -0.2) is 0 Å². The van der Waals surface area contributed by atoms with Gasteiger partial charge in [-0.2, -0.15) is 5.26 Å². The predicted molar refractivity (Wildman–Crippen MR) is 105 cm³/mol. The summed E-state index contributed by atoms with van der Waals surface area (Å²) in [6, 6.07) is 14.4. The summed E-state index contributed by atoms with van der Waals surface area (Å²) in [6.07, 6.45) is 0. The van der Waals surface area contributed by atoms with Crippen molar-refractivity contribution in [1.29, 1.82) is 5.26 Å². The van der Waals surface area contributed by atoms with E-state index in [9.17, 15) is 10.1 Å². The largest absolute Gasteiger partial charge is 0.497 e. The molecule has 1 amide bonds. The molecule has 0 aliphatic carbocycles. The number of rotatable bonds is 4. The molecule has 0 spiro atoms. The number of amides is 1. The molecule has 1 atom stereocenters. The summed E-state index contributed by atoms with van der Waals surface area (Å²) < 4.78 is 5.17. The maximum absolute atomic E-state index is 12.7. The molecule has 0 N–H and O–H groups in total. The van der Waals surface area contributed by atoms with E-state index in [2.05, 4.69) is 11.0 Å². The van der Waals surface area contributed by atoms with Gasteiger partial charge in [0.25, 0.3) is 5.91 Å². The van der Waals surface area contributed by atoms with Crippen molar-refractivity contribution in [3.8, 4) is 11.8 Å². The van der Waals surface area contributed by atoms with Crippen LogP contribution in [0.4, 0.5) is 0 Å². The van der Waals surface area contributed by atoms with Crippen molar-refractivity contribution in [1.82, 2.24) is 9.80 Å². The summed E-state index contributed by atoms with van der Waals surface area (Å²) in [5, 5.41) is 10.4. The van der Waals surface area contributed by atoms with Crippen molar-refractivity contribution in [2.75, 3.05) is 33.3 Å². The van der Waals surface area contributed by atoms with E-state index in [1.54, 1.807) is 30.2 Å². The number of hydrogen-bond acceptors (Lipinski definition) is 4. The lowest BCUT2D eigenvalue weighted by atomic mass is 10.1. The smallest absolute Gasteiger partial charge is 0.253 e. The van der Waals surface area contributed by atoms with Crippen LogP contribution in [0.5, 0.6) is 5.75 Å². The van der Waals surface area contributed by atoms with Crippen LogP contribution in [0.2, 0.25) is 10.0 Å². The van der Waals surface area contributed by atoms with E-state index in [1.165, 1.54) is 0 Å². The Balaban J connectivity index is 1.65. The van der Waals surface area contributed by atoms with Crippen LogP contribution in [-0.4, -0.2) is 49.0 Å². The molecule has 3 rings (SSSR count). The minimum atomic E-state index is -0.349. The Morgan fingerprint density at radius 3 is 2.30 bits per heavy atom. The summed E-state index contributed by atoms with van der Waals surface area (Å²) >= 11 is 11.9. The first-order valence-electron chi connectivity index (χ1n) is 8.55. The zero-order valence-electron chi connectivity index (χ0n) is 14.9. The van der Waals surface area contributed by atoms with Crippen LogP contribution in [-0.2, 0) is 0 Å². The minimum absolute atomic E-state index is 0.0776. The molecule has 140 valence electrons. The van der Waals surface area contributed by atoms with Crippen LogP contribution >= 0.6 is 23.2 Å². The number of ether oxygens (including phenoxy) is 1. The summed E-state index contributed by atoms with van der Waals surface area (Å²) in [5.74, 6) is 0.679. The van der Waals surface area contributed by atoms with Crippen LogP contribution in [0.1, 0.15) is 22.0 Å². The third kappa shape index (κ3) is 4.36. The fourth-order valence-corrected chi connectivity index (χ4v) is 3.45. The van der Waals surface area contributed by atoms with Crippen LogP contribution in [0.3, 0.4) is 0 Å². The van der Waals surface area contributed by atoms with E-state index in [4.69, 9.17) is 27.9 Å². The van der Waals surface area contributed by atoms with Crippen LogP contribution in [0.25, 0.3) is 0 Å². The van der Waals surface area contributed by atoms with E-state index in [-0.39, 0.29) is 11.9 Å². The number of nitriles is 1. The van der Waals surface area contributed by atoms with Crippen molar-refractivity contribution in [2.45, 2.75) is 6.04 Å². The SMILES string of the molecule is COc1ccc(C(C#N)N2CCN(C(=O)c3ccc(Cl)c(Cl)c3)CC2)cc1. The molecule has 27 heavy (non-hydrogen) atoms. The molecule has 1 heterocycles. The molecule has 5 nitrogen and oxygen atoms in total. The van der Waals surface area contributed by atoms with Gasteiger partial charge in [-0.3, -0.25) is 9.69 Å². The first kappa shape index (κ1) is 19.5. The predicted octanol–water partition coefficient (Wildman–Crippen LogP) is 4.02. The van der Waals surface area contributed by atoms with E-state index < -0.39 is 0 Å². The third-order valence-corrected chi connectivity index (χ3v) is 5.43. The molecule has 7 heteroatoms. The molecular weight excluding hydrogens is 385 g/mol. The first-order valence-corrected chi connectivity index (χ1v) is 9.31. The summed E-state index contributed by atoms with van der Waals surface area (Å²) in [4.78, 5) is 16.5. The van der Waals surface area contributed by atoms with E-state index in [1.807, 2.05) is 24.3 Å². The Kier molecular flexibility index (Phi) is 6.22. The first-order chi connectivity index (χ1) is 13.0. The zero-order chi connectivity index (χ0) is 19.4. The van der Waals surface area contributed by atoms with Crippen molar-refractivity contribution in [3.63, 3.8) is 0 Å². The highest BCUT2D eigenvalue weighted by molar-refractivity contribution is 6.42. The molecule has 1 unspecified atom stereocenters. The van der Waals surface area contributed by atoms with Crippen LogP contribution in [0, 0.1) is 11.3 Å². The number of methoxy groups -OCH3 is 1. The highest BCUT2D eigenvalue weighted by Crippen LogP contribution is 2.26. The third-order valence-electron chi connectivity index (χ3n) is 4.69. The normalized spacial score (nSPS) is 15.9. The lowest BCUT2D eigenvalue weighted by Crippen LogP contribution is -2.49. The number of piperazine rings is 1. The number of carbonyl (C=O) groups is 1. The maximum atomic E-state index is 12.7. The Bertz CT molecular complexity index is 857. The standard InChI is InChI=1S/C20H19Cl2N3O2/c1-27-16-5-2-14(3-6-16)19(13-23)24-8-10-25(11-9-24)20(26)15-4-7-17(21)18(22)12-15/h2-7,12,19H,8-11H2,1H3. The van der Waals surface area contributed by atoms with Gasteiger partial charge in [0, 0.05) is 31.7 Å². The summed E-state index contributed by atoms with van der Waals surface area (Å²) in [6.45, 7) is 2.34. The Labute approximate surface area is 168 Å².